The van der Waals surface area contributed by atoms with Gasteiger partial charge in [-0.3, -0.25) is 0 Å². The first kappa shape index (κ1) is 13.5. The van der Waals surface area contributed by atoms with Crippen LogP contribution in [0.25, 0.3) is 0 Å². The van der Waals surface area contributed by atoms with Crippen molar-refractivity contribution in [2.75, 3.05) is 0 Å². The minimum atomic E-state index is 0.481. The van der Waals surface area contributed by atoms with E-state index in [0.717, 1.165) is 11.8 Å². The molecule has 0 aromatic rings. The quantitative estimate of drug-likeness (QED) is 0.623. The minimum absolute atomic E-state index is 0.481. The summed E-state index contributed by atoms with van der Waals surface area (Å²) in [6.07, 6.45) is 2.67. The lowest BCUT2D eigenvalue weighted by Gasteiger charge is -2.27. The molecular weight excluding hydrogens is 224 g/mol. The van der Waals surface area contributed by atoms with Crippen LogP contribution in [0.5, 0.6) is 0 Å². The Balaban J connectivity index is 3.98. The molecule has 0 aliphatic carbocycles. The van der Waals surface area contributed by atoms with Gasteiger partial charge in [0.25, 0.3) is 0 Å². The lowest BCUT2D eigenvalue weighted by Crippen LogP contribution is -2.20. The standard InChI is InChI=1S/C12H25Br/c1-9(2)11(10(3)13)7-8-12(4,5)6/h9-11H,7-8H2,1-6H3. The van der Waals surface area contributed by atoms with Gasteiger partial charge in [0, 0.05) is 4.83 Å². The fourth-order valence-corrected chi connectivity index (χ4v) is 2.57. The van der Waals surface area contributed by atoms with Gasteiger partial charge in [-0.05, 0) is 30.1 Å². The van der Waals surface area contributed by atoms with Crippen molar-refractivity contribution in [1.29, 1.82) is 0 Å². The highest BCUT2D eigenvalue weighted by atomic mass is 79.9. The van der Waals surface area contributed by atoms with E-state index in [1.807, 2.05) is 0 Å². The molecule has 13 heavy (non-hydrogen) atoms. The van der Waals surface area contributed by atoms with Crippen LogP contribution in [0.1, 0.15) is 54.4 Å². The van der Waals surface area contributed by atoms with Gasteiger partial charge >= 0.3 is 0 Å². The van der Waals surface area contributed by atoms with Gasteiger partial charge in [0.2, 0.25) is 0 Å². The third-order valence-corrected chi connectivity index (χ3v) is 3.35. The van der Waals surface area contributed by atoms with Crippen molar-refractivity contribution in [3.05, 3.63) is 0 Å². The van der Waals surface area contributed by atoms with Gasteiger partial charge in [0.05, 0.1) is 0 Å². The van der Waals surface area contributed by atoms with Crippen LogP contribution in [-0.2, 0) is 0 Å². The van der Waals surface area contributed by atoms with Gasteiger partial charge in [0.1, 0.15) is 0 Å². The number of rotatable bonds is 4. The van der Waals surface area contributed by atoms with Crippen LogP contribution in [-0.4, -0.2) is 4.83 Å². The second-order valence-corrected chi connectivity index (χ2v) is 7.13. The van der Waals surface area contributed by atoms with Crippen molar-refractivity contribution in [3.63, 3.8) is 0 Å². The molecule has 80 valence electrons. The van der Waals surface area contributed by atoms with Gasteiger partial charge < -0.3 is 0 Å². The van der Waals surface area contributed by atoms with E-state index in [9.17, 15) is 0 Å². The third-order valence-electron chi connectivity index (χ3n) is 2.67. The van der Waals surface area contributed by atoms with Crippen LogP contribution in [0.3, 0.4) is 0 Å². The molecule has 0 amide bonds. The predicted octanol–water partition coefficient (Wildman–Crippen LogP) is 4.87. The summed E-state index contributed by atoms with van der Waals surface area (Å²) in [7, 11) is 0. The Labute approximate surface area is 92.6 Å². The first-order valence-corrected chi connectivity index (χ1v) is 6.29. The monoisotopic (exact) mass is 248 g/mol. The van der Waals surface area contributed by atoms with E-state index in [1.54, 1.807) is 0 Å². The van der Waals surface area contributed by atoms with Crippen molar-refractivity contribution < 1.29 is 0 Å². The van der Waals surface area contributed by atoms with Crippen molar-refractivity contribution in [3.8, 4) is 0 Å². The average Bonchev–Trinajstić information content (AvgIpc) is 1.82. The summed E-state index contributed by atoms with van der Waals surface area (Å²) in [6, 6.07) is 0. The Kier molecular flexibility index (Phi) is 5.58. The highest BCUT2D eigenvalue weighted by Gasteiger charge is 2.21. The Morgan fingerprint density at radius 1 is 1.08 bits per heavy atom. The van der Waals surface area contributed by atoms with Crippen molar-refractivity contribution >= 4 is 15.9 Å². The summed E-state index contributed by atoms with van der Waals surface area (Å²) in [5.41, 5.74) is 0.481. The smallest absolute Gasteiger partial charge is 0.0148 e. The molecule has 0 bridgehead atoms. The molecule has 0 N–H and O–H groups in total. The molecule has 0 aliphatic heterocycles. The molecule has 0 saturated carbocycles. The van der Waals surface area contributed by atoms with Crippen molar-refractivity contribution in [1.82, 2.24) is 0 Å². The van der Waals surface area contributed by atoms with Crippen molar-refractivity contribution in [2.24, 2.45) is 17.3 Å². The largest absolute Gasteiger partial charge is 0.0891 e. The van der Waals surface area contributed by atoms with Crippen LogP contribution in [0, 0.1) is 17.3 Å². The molecule has 0 heterocycles. The van der Waals surface area contributed by atoms with E-state index in [4.69, 9.17) is 0 Å². The Morgan fingerprint density at radius 3 is 1.77 bits per heavy atom. The van der Waals surface area contributed by atoms with Gasteiger partial charge in [-0.1, -0.05) is 57.5 Å². The topological polar surface area (TPSA) is 0 Å². The number of hydrogen-bond acceptors (Lipinski definition) is 0. The lowest BCUT2D eigenvalue weighted by molar-refractivity contribution is 0.280. The molecule has 0 aromatic carbocycles. The first-order chi connectivity index (χ1) is 5.74. The van der Waals surface area contributed by atoms with Crippen LogP contribution in [0.15, 0.2) is 0 Å². The zero-order chi connectivity index (χ0) is 10.6. The molecular formula is C12H25Br. The molecule has 2 atom stereocenters. The van der Waals surface area contributed by atoms with E-state index in [1.165, 1.54) is 12.8 Å². The van der Waals surface area contributed by atoms with Crippen LogP contribution in [0.2, 0.25) is 0 Å². The average molecular weight is 249 g/mol. The number of alkyl halides is 1. The summed E-state index contributed by atoms with van der Waals surface area (Å²) in [5.74, 6) is 1.61. The molecule has 2 unspecified atom stereocenters. The maximum atomic E-state index is 3.71. The van der Waals surface area contributed by atoms with Crippen LogP contribution < -0.4 is 0 Å². The summed E-state index contributed by atoms with van der Waals surface area (Å²) >= 11 is 3.71. The van der Waals surface area contributed by atoms with Gasteiger partial charge in [-0.15, -0.1) is 0 Å². The van der Waals surface area contributed by atoms with E-state index >= 15 is 0 Å². The van der Waals surface area contributed by atoms with E-state index in [2.05, 4.69) is 57.5 Å². The summed E-state index contributed by atoms with van der Waals surface area (Å²) in [6.45, 7) is 13.9. The number of halogens is 1. The zero-order valence-corrected chi connectivity index (χ0v) is 11.6. The lowest BCUT2D eigenvalue weighted by atomic mass is 9.82. The molecule has 0 fully saturated rings. The van der Waals surface area contributed by atoms with Crippen molar-refractivity contribution in [2.45, 2.75) is 59.2 Å². The molecule has 0 radical (unpaired) electrons. The summed E-state index contributed by atoms with van der Waals surface area (Å²) in [5, 5.41) is 0. The first-order valence-electron chi connectivity index (χ1n) is 5.38. The molecule has 0 spiro atoms. The summed E-state index contributed by atoms with van der Waals surface area (Å²) < 4.78 is 0. The SMILES string of the molecule is CC(C)C(CCC(C)(C)C)C(C)Br. The Hall–Kier alpha value is 0.480. The molecule has 1 heteroatoms. The summed E-state index contributed by atoms with van der Waals surface area (Å²) in [4.78, 5) is 0.648. The third kappa shape index (κ3) is 6.54. The maximum Gasteiger partial charge on any atom is 0.0148 e. The van der Waals surface area contributed by atoms with Crippen LogP contribution >= 0.6 is 15.9 Å². The fraction of sp³-hybridized carbons (Fsp3) is 1.00. The van der Waals surface area contributed by atoms with Gasteiger partial charge in [-0.25, -0.2) is 0 Å². The Morgan fingerprint density at radius 2 is 1.54 bits per heavy atom. The predicted molar refractivity (Wildman–Crippen MR) is 65.4 cm³/mol. The minimum Gasteiger partial charge on any atom is -0.0891 e. The maximum absolute atomic E-state index is 3.71. The molecule has 0 aliphatic rings. The molecule has 0 saturated heterocycles. The van der Waals surface area contributed by atoms with Crippen LogP contribution in [0.4, 0.5) is 0 Å². The Bertz CT molecular complexity index is 123. The van der Waals surface area contributed by atoms with E-state index in [-0.39, 0.29) is 0 Å². The molecule has 0 aromatic heterocycles. The van der Waals surface area contributed by atoms with E-state index in [0.29, 0.717) is 10.2 Å². The molecule has 0 rings (SSSR count). The highest BCUT2D eigenvalue weighted by molar-refractivity contribution is 9.09. The molecule has 0 nitrogen and oxygen atoms in total. The fourth-order valence-electron chi connectivity index (χ4n) is 1.69. The van der Waals surface area contributed by atoms with Gasteiger partial charge in [0.15, 0.2) is 0 Å². The van der Waals surface area contributed by atoms with E-state index < -0.39 is 0 Å². The zero-order valence-electron chi connectivity index (χ0n) is 10.0. The second kappa shape index (κ2) is 5.38. The highest BCUT2D eigenvalue weighted by Crippen LogP contribution is 2.31. The number of hydrogen-bond donors (Lipinski definition) is 0. The second-order valence-electron chi connectivity index (χ2n) is 5.68. The van der Waals surface area contributed by atoms with Gasteiger partial charge in [-0.2, -0.15) is 0 Å². The normalized spacial score (nSPS) is 17.5.